The lowest BCUT2D eigenvalue weighted by molar-refractivity contribution is 0.416. The van der Waals surface area contributed by atoms with E-state index in [1.165, 1.54) is 23.5 Å². The summed E-state index contributed by atoms with van der Waals surface area (Å²) in [6.45, 7) is 6.23. The molecule has 0 heterocycles. The van der Waals surface area contributed by atoms with Gasteiger partial charge in [-0.25, -0.2) is 8.42 Å². The minimum absolute atomic E-state index is 0.168. The predicted molar refractivity (Wildman–Crippen MR) is 76.7 cm³/mol. The molecule has 1 aromatic rings. The van der Waals surface area contributed by atoms with Gasteiger partial charge in [-0.05, 0) is 24.6 Å². The molecule has 19 heavy (non-hydrogen) atoms. The number of rotatable bonds is 7. The summed E-state index contributed by atoms with van der Waals surface area (Å²) >= 11 is 0. The van der Waals surface area contributed by atoms with Crippen LogP contribution in [0.25, 0.3) is 0 Å². The summed E-state index contributed by atoms with van der Waals surface area (Å²) in [6.07, 6.45) is 2.30. The SMILES string of the molecule is C=CCN(CCC)S(=O)(=O)c1ccc(OC)c(N)c1. The van der Waals surface area contributed by atoms with Gasteiger partial charge in [-0.2, -0.15) is 4.31 Å². The molecule has 106 valence electrons. The Morgan fingerprint density at radius 2 is 2.16 bits per heavy atom. The number of nitrogens with zero attached hydrogens (tertiary/aromatic N) is 1. The molecule has 6 heteroatoms. The second kappa shape index (κ2) is 6.58. The van der Waals surface area contributed by atoms with Gasteiger partial charge in [0.25, 0.3) is 0 Å². The van der Waals surface area contributed by atoms with Crippen molar-refractivity contribution in [2.75, 3.05) is 25.9 Å². The van der Waals surface area contributed by atoms with Gasteiger partial charge in [0.2, 0.25) is 10.0 Å². The standard InChI is InChI=1S/C13H20N2O3S/c1-4-8-15(9-5-2)19(16,17)11-6-7-13(18-3)12(14)10-11/h4,6-7,10H,1,5,8-9,14H2,2-3H3. The predicted octanol–water partition coefficient (Wildman–Crippen LogP) is 1.86. The Morgan fingerprint density at radius 3 is 2.63 bits per heavy atom. The zero-order valence-corrected chi connectivity index (χ0v) is 12.1. The number of sulfonamides is 1. The van der Waals surface area contributed by atoms with Crippen molar-refractivity contribution in [3.8, 4) is 5.75 Å². The van der Waals surface area contributed by atoms with Gasteiger partial charge in [-0.1, -0.05) is 13.0 Å². The smallest absolute Gasteiger partial charge is 0.243 e. The van der Waals surface area contributed by atoms with E-state index in [1.54, 1.807) is 12.1 Å². The lowest BCUT2D eigenvalue weighted by atomic mass is 10.3. The van der Waals surface area contributed by atoms with Crippen molar-refractivity contribution in [3.05, 3.63) is 30.9 Å². The minimum Gasteiger partial charge on any atom is -0.495 e. The van der Waals surface area contributed by atoms with Crippen molar-refractivity contribution in [3.63, 3.8) is 0 Å². The summed E-state index contributed by atoms with van der Waals surface area (Å²) in [5.41, 5.74) is 6.05. The molecule has 1 rings (SSSR count). The van der Waals surface area contributed by atoms with Crippen LogP contribution in [-0.2, 0) is 10.0 Å². The van der Waals surface area contributed by atoms with E-state index < -0.39 is 10.0 Å². The number of anilines is 1. The largest absolute Gasteiger partial charge is 0.495 e. The van der Waals surface area contributed by atoms with Crippen molar-refractivity contribution < 1.29 is 13.2 Å². The molecule has 0 atom stereocenters. The van der Waals surface area contributed by atoms with Gasteiger partial charge in [0.15, 0.2) is 0 Å². The van der Waals surface area contributed by atoms with E-state index in [1.807, 2.05) is 6.92 Å². The summed E-state index contributed by atoms with van der Waals surface area (Å²) in [4.78, 5) is 0.168. The third kappa shape index (κ3) is 3.48. The molecule has 0 fully saturated rings. The van der Waals surface area contributed by atoms with Crippen molar-refractivity contribution in [2.45, 2.75) is 18.2 Å². The second-order valence-electron chi connectivity index (χ2n) is 4.06. The average molecular weight is 284 g/mol. The first-order valence-electron chi connectivity index (χ1n) is 6.02. The number of hydrogen-bond donors (Lipinski definition) is 1. The van der Waals surface area contributed by atoms with Crippen LogP contribution in [-0.4, -0.2) is 32.9 Å². The van der Waals surface area contributed by atoms with Gasteiger partial charge >= 0.3 is 0 Å². The Balaban J connectivity index is 3.17. The molecule has 5 nitrogen and oxygen atoms in total. The highest BCUT2D eigenvalue weighted by molar-refractivity contribution is 7.89. The summed E-state index contributed by atoms with van der Waals surface area (Å²) in [5, 5.41) is 0. The minimum atomic E-state index is -3.55. The van der Waals surface area contributed by atoms with Crippen LogP contribution >= 0.6 is 0 Å². The molecular weight excluding hydrogens is 264 g/mol. The van der Waals surface area contributed by atoms with Gasteiger partial charge in [0.1, 0.15) is 5.75 Å². The zero-order valence-electron chi connectivity index (χ0n) is 11.3. The number of methoxy groups -OCH3 is 1. The Bertz CT molecular complexity index is 541. The van der Waals surface area contributed by atoms with E-state index >= 15 is 0 Å². The fourth-order valence-electron chi connectivity index (χ4n) is 1.72. The molecule has 0 bridgehead atoms. The van der Waals surface area contributed by atoms with Crippen molar-refractivity contribution in [1.82, 2.24) is 4.31 Å². The molecule has 0 radical (unpaired) electrons. The Morgan fingerprint density at radius 1 is 1.47 bits per heavy atom. The molecule has 0 saturated heterocycles. The van der Waals surface area contributed by atoms with E-state index in [0.717, 1.165) is 6.42 Å². The maximum Gasteiger partial charge on any atom is 0.243 e. The van der Waals surface area contributed by atoms with E-state index in [0.29, 0.717) is 18.0 Å². The first kappa shape index (κ1) is 15.5. The Hall–Kier alpha value is -1.53. The summed E-state index contributed by atoms with van der Waals surface area (Å²) < 4.78 is 31.3. The van der Waals surface area contributed by atoms with Gasteiger partial charge in [-0.15, -0.1) is 6.58 Å². The maximum atomic E-state index is 12.4. The van der Waals surface area contributed by atoms with Crippen LogP contribution in [0, 0.1) is 0 Å². The second-order valence-corrected chi connectivity index (χ2v) is 5.99. The molecule has 0 amide bonds. The third-order valence-corrected chi connectivity index (χ3v) is 4.51. The Labute approximate surface area is 114 Å². The molecule has 0 unspecified atom stereocenters. The van der Waals surface area contributed by atoms with Crippen LogP contribution < -0.4 is 10.5 Å². The molecule has 0 spiro atoms. The molecular formula is C13H20N2O3S. The van der Waals surface area contributed by atoms with Gasteiger partial charge in [0, 0.05) is 13.1 Å². The molecule has 2 N–H and O–H groups in total. The Kier molecular flexibility index (Phi) is 5.38. The van der Waals surface area contributed by atoms with E-state index in [4.69, 9.17) is 10.5 Å². The molecule has 0 aliphatic rings. The summed E-state index contributed by atoms with van der Waals surface area (Å²) in [7, 11) is -2.06. The highest BCUT2D eigenvalue weighted by Crippen LogP contribution is 2.26. The highest BCUT2D eigenvalue weighted by atomic mass is 32.2. The van der Waals surface area contributed by atoms with E-state index in [2.05, 4.69) is 6.58 Å². The zero-order chi connectivity index (χ0) is 14.5. The van der Waals surface area contributed by atoms with E-state index in [-0.39, 0.29) is 11.4 Å². The quantitative estimate of drug-likeness (QED) is 0.613. The van der Waals surface area contributed by atoms with Crippen molar-refractivity contribution >= 4 is 15.7 Å². The fourth-order valence-corrected chi connectivity index (χ4v) is 3.26. The number of benzene rings is 1. The van der Waals surface area contributed by atoms with Crippen LogP contribution in [0.4, 0.5) is 5.69 Å². The molecule has 0 aromatic heterocycles. The topological polar surface area (TPSA) is 72.6 Å². The van der Waals surface area contributed by atoms with Crippen LogP contribution in [0.3, 0.4) is 0 Å². The average Bonchev–Trinajstić information content (AvgIpc) is 2.38. The van der Waals surface area contributed by atoms with Crippen LogP contribution in [0.1, 0.15) is 13.3 Å². The fraction of sp³-hybridized carbons (Fsp3) is 0.385. The van der Waals surface area contributed by atoms with Crippen LogP contribution in [0.15, 0.2) is 35.7 Å². The lowest BCUT2D eigenvalue weighted by Gasteiger charge is -2.20. The molecule has 1 aromatic carbocycles. The first-order chi connectivity index (χ1) is 8.97. The summed E-state index contributed by atoms with van der Waals surface area (Å²) in [6, 6.07) is 4.47. The third-order valence-electron chi connectivity index (χ3n) is 2.64. The number of hydrogen-bond acceptors (Lipinski definition) is 4. The van der Waals surface area contributed by atoms with Gasteiger partial charge in [-0.3, -0.25) is 0 Å². The summed E-state index contributed by atoms with van der Waals surface area (Å²) in [5.74, 6) is 0.463. The lowest BCUT2D eigenvalue weighted by Crippen LogP contribution is -2.32. The van der Waals surface area contributed by atoms with Crippen molar-refractivity contribution in [2.24, 2.45) is 0 Å². The van der Waals surface area contributed by atoms with Gasteiger partial charge < -0.3 is 10.5 Å². The normalized spacial score (nSPS) is 11.5. The number of nitrogen functional groups attached to an aromatic ring is 1. The number of nitrogens with two attached hydrogens (primary N) is 1. The molecule has 0 saturated carbocycles. The van der Waals surface area contributed by atoms with Crippen LogP contribution in [0.2, 0.25) is 0 Å². The van der Waals surface area contributed by atoms with Crippen LogP contribution in [0.5, 0.6) is 5.75 Å². The molecule has 0 aliphatic heterocycles. The maximum absolute atomic E-state index is 12.4. The number of ether oxygens (including phenoxy) is 1. The van der Waals surface area contributed by atoms with Gasteiger partial charge in [0.05, 0.1) is 17.7 Å². The first-order valence-corrected chi connectivity index (χ1v) is 7.46. The van der Waals surface area contributed by atoms with Crippen molar-refractivity contribution in [1.29, 1.82) is 0 Å². The monoisotopic (exact) mass is 284 g/mol. The van der Waals surface area contributed by atoms with E-state index in [9.17, 15) is 8.42 Å². The molecule has 0 aliphatic carbocycles. The highest BCUT2D eigenvalue weighted by Gasteiger charge is 2.23.